The first kappa shape index (κ1) is 25.6. The molecule has 2 rings (SSSR count). The summed E-state index contributed by atoms with van der Waals surface area (Å²) < 4.78 is 5.52. The van der Waals surface area contributed by atoms with Gasteiger partial charge in [0.25, 0.3) is 5.91 Å². The number of ether oxygens (including phenoxy) is 1. The molecule has 2 amide bonds. The number of nitrogens with one attached hydrogen (secondary N) is 3. The molecule has 33 heavy (non-hydrogen) atoms. The lowest BCUT2D eigenvalue weighted by Gasteiger charge is -2.21. The van der Waals surface area contributed by atoms with Gasteiger partial charge in [-0.25, -0.2) is 0 Å². The molecule has 0 aliphatic carbocycles. The van der Waals surface area contributed by atoms with Gasteiger partial charge in [0.1, 0.15) is 5.75 Å². The lowest BCUT2D eigenvalue weighted by Crippen LogP contribution is -2.52. The Morgan fingerprint density at radius 2 is 1.85 bits per heavy atom. The summed E-state index contributed by atoms with van der Waals surface area (Å²) in [6.07, 6.45) is 3.66. The van der Waals surface area contributed by atoms with E-state index in [0.717, 1.165) is 5.56 Å². The van der Waals surface area contributed by atoms with Gasteiger partial charge in [-0.2, -0.15) is 0 Å². The SMILES string of the molecule is CC(C)CNC(=O)C(NC(=O)CCc1cccnc1)Nc1ccc(OCCCC(=O)O)cc1. The second-order valence-electron chi connectivity index (χ2n) is 8.02. The molecule has 0 aliphatic rings. The average Bonchev–Trinajstić information content (AvgIpc) is 2.80. The van der Waals surface area contributed by atoms with Crippen molar-refractivity contribution >= 4 is 23.5 Å². The van der Waals surface area contributed by atoms with Gasteiger partial charge in [-0.1, -0.05) is 19.9 Å². The third-order valence-electron chi connectivity index (χ3n) is 4.58. The highest BCUT2D eigenvalue weighted by Crippen LogP contribution is 2.17. The molecule has 1 aromatic carbocycles. The Morgan fingerprint density at radius 1 is 1.09 bits per heavy atom. The van der Waals surface area contributed by atoms with Crippen molar-refractivity contribution in [2.45, 2.75) is 45.7 Å². The van der Waals surface area contributed by atoms with Gasteiger partial charge < -0.3 is 25.8 Å². The molecule has 4 N–H and O–H groups in total. The van der Waals surface area contributed by atoms with E-state index in [-0.39, 0.29) is 30.6 Å². The number of anilines is 1. The minimum absolute atomic E-state index is 0.0489. The highest BCUT2D eigenvalue weighted by molar-refractivity contribution is 5.89. The monoisotopic (exact) mass is 456 g/mol. The van der Waals surface area contributed by atoms with Crippen molar-refractivity contribution in [3.63, 3.8) is 0 Å². The van der Waals surface area contributed by atoms with Crippen LogP contribution in [0.15, 0.2) is 48.8 Å². The molecule has 1 unspecified atom stereocenters. The molecule has 2 aromatic rings. The quantitative estimate of drug-likeness (QED) is 0.254. The van der Waals surface area contributed by atoms with Gasteiger partial charge >= 0.3 is 5.97 Å². The number of carboxylic acid groups (broad SMARTS) is 1. The maximum absolute atomic E-state index is 12.7. The van der Waals surface area contributed by atoms with Gasteiger partial charge in [0.05, 0.1) is 6.61 Å². The molecule has 1 atom stereocenters. The Balaban J connectivity index is 1.94. The maximum atomic E-state index is 12.7. The van der Waals surface area contributed by atoms with Crippen LogP contribution in [0.4, 0.5) is 5.69 Å². The lowest BCUT2D eigenvalue weighted by atomic mass is 10.1. The van der Waals surface area contributed by atoms with Crippen LogP contribution >= 0.6 is 0 Å². The lowest BCUT2D eigenvalue weighted by molar-refractivity contribution is -0.137. The summed E-state index contributed by atoms with van der Waals surface area (Å²) in [5.74, 6) is -0.579. The molecule has 0 spiro atoms. The Bertz CT molecular complexity index is 887. The number of aryl methyl sites for hydroxylation is 1. The van der Waals surface area contributed by atoms with E-state index in [2.05, 4.69) is 20.9 Å². The van der Waals surface area contributed by atoms with Gasteiger partial charge in [-0.15, -0.1) is 0 Å². The normalized spacial score (nSPS) is 11.5. The summed E-state index contributed by atoms with van der Waals surface area (Å²) >= 11 is 0. The molecule has 0 saturated carbocycles. The third kappa shape index (κ3) is 10.5. The van der Waals surface area contributed by atoms with E-state index in [9.17, 15) is 14.4 Å². The van der Waals surface area contributed by atoms with Crippen LogP contribution in [-0.2, 0) is 20.8 Å². The number of carbonyl (C=O) groups excluding carboxylic acids is 2. The molecule has 1 heterocycles. The predicted molar refractivity (Wildman–Crippen MR) is 125 cm³/mol. The van der Waals surface area contributed by atoms with E-state index in [0.29, 0.717) is 37.4 Å². The molecule has 9 heteroatoms. The van der Waals surface area contributed by atoms with Crippen molar-refractivity contribution in [1.82, 2.24) is 15.6 Å². The summed E-state index contributed by atoms with van der Waals surface area (Å²) in [7, 11) is 0. The number of nitrogens with zero attached hydrogens (tertiary/aromatic N) is 1. The van der Waals surface area contributed by atoms with Crippen LogP contribution in [-0.4, -0.2) is 47.2 Å². The Morgan fingerprint density at radius 3 is 2.48 bits per heavy atom. The summed E-state index contributed by atoms with van der Waals surface area (Å²) in [4.78, 5) is 39.8. The summed E-state index contributed by atoms with van der Waals surface area (Å²) in [5.41, 5.74) is 1.57. The van der Waals surface area contributed by atoms with E-state index < -0.39 is 12.1 Å². The van der Waals surface area contributed by atoms with Crippen molar-refractivity contribution in [3.8, 4) is 5.75 Å². The second-order valence-corrected chi connectivity index (χ2v) is 8.02. The highest BCUT2D eigenvalue weighted by Gasteiger charge is 2.20. The number of aliphatic carboxylic acids is 1. The van der Waals surface area contributed by atoms with Gasteiger partial charge in [-0.3, -0.25) is 19.4 Å². The number of carboxylic acids is 1. The number of hydrogen-bond donors (Lipinski definition) is 4. The molecule has 9 nitrogen and oxygen atoms in total. The molecule has 1 aromatic heterocycles. The minimum atomic E-state index is -0.938. The number of pyridine rings is 1. The number of rotatable bonds is 14. The van der Waals surface area contributed by atoms with Gasteiger partial charge in [0.15, 0.2) is 6.17 Å². The zero-order valence-corrected chi connectivity index (χ0v) is 19.0. The fourth-order valence-electron chi connectivity index (χ4n) is 2.84. The first-order valence-corrected chi connectivity index (χ1v) is 11.0. The van der Waals surface area contributed by atoms with Crippen LogP contribution in [0.5, 0.6) is 5.75 Å². The van der Waals surface area contributed by atoms with Crippen LogP contribution < -0.4 is 20.7 Å². The topological polar surface area (TPSA) is 130 Å². The molecule has 0 saturated heterocycles. The van der Waals surface area contributed by atoms with Crippen molar-refractivity contribution in [3.05, 3.63) is 54.4 Å². The predicted octanol–water partition coefficient (Wildman–Crippen LogP) is 2.58. The van der Waals surface area contributed by atoms with E-state index in [1.165, 1.54) is 0 Å². The van der Waals surface area contributed by atoms with Crippen molar-refractivity contribution < 1.29 is 24.2 Å². The van der Waals surface area contributed by atoms with Crippen LogP contribution in [0.25, 0.3) is 0 Å². The number of hydrogen-bond acceptors (Lipinski definition) is 6. The van der Waals surface area contributed by atoms with E-state index in [4.69, 9.17) is 9.84 Å². The second kappa shape index (κ2) is 13.7. The van der Waals surface area contributed by atoms with E-state index in [1.54, 1.807) is 36.7 Å². The standard InChI is InChI=1S/C24H32N4O5/c1-17(2)15-26-24(32)23(28-21(29)12-7-18-5-3-13-25-16-18)27-19-8-10-20(11-9-19)33-14-4-6-22(30)31/h3,5,8-11,13,16-17,23,27H,4,6-7,12,14-15H2,1-2H3,(H,26,32)(H,28,29)(H,30,31). The van der Waals surface area contributed by atoms with Gasteiger partial charge in [-0.05, 0) is 54.7 Å². The first-order valence-electron chi connectivity index (χ1n) is 11.0. The smallest absolute Gasteiger partial charge is 0.303 e. The Kier molecular flexibility index (Phi) is 10.7. The van der Waals surface area contributed by atoms with Crippen LogP contribution in [0.2, 0.25) is 0 Å². The first-order chi connectivity index (χ1) is 15.8. The molecular formula is C24H32N4O5. The number of benzene rings is 1. The number of carbonyl (C=O) groups is 3. The maximum Gasteiger partial charge on any atom is 0.303 e. The van der Waals surface area contributed by atoms with Crippen LogP contribution in [0.3, 0.4) is 0 Å². The van der Waals surface area contributed by atoms with Crippen molar-refractivity contribution in [2.24, 2.45) is 5.92 Å². The van der Waals surface area contributed by atoms with Crippen molar-refractivity contribution in [1.29, 1.82) is 0 Å². The Labute approximate surface area is 193 Å². The molecule has 0 fully saturated rings. The number of aromatic nitrogens is 1. The molecule has 178 valence electrons. The zero-order valence-electron chi connectivity index (χ0n) is 19.0. The third-order valence-corrected chi connectivity index (χ3v) is 4.58. The van der Waals surface area contributed by atoms with E-state index in [1.807, 2.05) is 26.0 Å². The highest BCUT2D eigenvalue weighted by atomic mass is 16.5. The minimum Gasteiger partial charge on any atom is -0.494 e. The molecule has 0 bridgehead atoms. The largest absolute Gasteiger partial charge is 0.494 e. The van der Waals surface area contributed by atoms with Crippen LogP contribution in [0.1, 0.15) is 38.7 Å². The summed E-state index contributed by atoms with van der Waals surface area (Å²) in [6.45, 7) is 4.77. The van der Waals surface area contributed by atoms with Crippen molar-refractivity contribution in [2.75, 3.05) is 18.5 Å². The molecule has 0 aliphatic heterocycles. The fourth-order valence-corrected chi connectivity index (χ4v) is 2.84. The van der Waals surface area contributed by atoms with Gasteiger partial charge in [0, 0.05) is 37.5 Å². The van der Waals surface area contributed by atoms with E-state index >= 15 is 0 Å². The average molecular weight is 457 g/mol. The molecule has 0 radical (unpaired) electrons. The summed E-state index contributed by atoms with van der Waals surface area (Å²) in [5, 5.41) is 17.3. The number of amides is 2. The zero-order chi connectivity index (χ0) is 24.1. The fraction of sp³-hybridized carbons (Fsp3) is 0.417. The summed E-state index contributed by atoms with van der Waals surface area (Å²) in [6, 6.07) is 10.6. The molecular weight excluding hydrogens is 424 g/mol. The van der Waals surface area contributed by atoms with Gasteiger partial charge in [0.2, 0.25) is 5.91 Å². The van der Waals surface area contributed by atoms with Crippen LogP contribution in [0, 0.1) is 5.92 Å². The Hall–Kier alpha value is -3.62.